The number of halogens is 2. The van der Waals surface area contributed by atoms with Crippen LogP contribution in [-0.2, 0) is 5.60 Å². The van der Waals surface area contributed by atoms with Crippen molar-refractivity contribution in [2.24, 2.45) is 0 Å². The van der Waals surface area contributed by atoms with E-state index in [-0.39, 0.29) is 6.04 Å². The minimum Gasteiger partial charge on any atom is -0.379 e. The average molecular weight is 388 g/mol. The summed E-state index contributed by atoms with van der Waals surface area (Å²) in [7, 11) is 0. The van der Waals surface area contributed by atoms with Gasteiger partial charge in [0.2, 0.25) is 0 Å². The van der Waals surface area contributed by atoms with Crippen LogP contribution in [-0.4, -0.2) is 14.9 Å². The van der Waals surface area contributed by atoms with E-state index in [1.165, 1.54) is 0 Å². The van der Waals surface area contributed by atoms with Crippen LogP contribution in [0.4, 0.5) is 0 Å². The van der Waals surface area contributed by atoms with Crippen molar-refractivity contribution in [2.75, 3.05) is 0 Å². The van der Waals surface area contributed by atoms with Crippen molar-refractivity contribution in [3.05, 3.63) is 50.7 Å². The van der Waals surface area contributed by atoms with Gasteiger partial charge in [-0.25, -0.2) is 0 Å². The number of nitrogens with zero attached hydrogens (tertiary/aromatic N) is 2. The summed E-state index contributed by atoms with van der Waals surface area (Å²) >= 11 is 6.92. The molecule has 0 saturated heterocycles. The summed E-state index contributed by atoms with van der Waals surface area (Å²) in [6.45, 7) is 5.87. The molecule has 1 aromatic carbocycles. The lowest BCUT2D eigenvalue weighted by molar-refractivity contribution is 0.0891. The molecule has 0 saturated carbocycles. The molecule has 0 aliphatic heterocycles. The van der Waals surface area contributed by atoms with Crippen LogP contribution in [0.5, 0.6) is 0 Å². The fourth-order valence-electron chi connectivity index (χ4n) is 2.12. The van der Waals surface area contributed by atoms with Gasteiger partial charge in [0.15, 0.2) is 0 Å². The van der Waals surface area contributed by atoms with Gasteiger partial charge in [0.1, 0.15) is 5.60 Å². The number of rotatable bonds is 3. The summed E-state index contributed by atoms with van der Waals surface area (Å²) in [6, 6.07) is 7.87. The first-order chi connectivity index (χ1) is 8.84. The predicted molar refractivity (Wildman–Crippen MR) is 83.1 cm³/mol. The van der Waals surface area contributed by atoms with Crippen LogP contribution in [0, 0.1) is 0 Å². The highest BCUT2D eigenvalue weighted by molar-refractivity contribution is 9.10. The van der Waals surface area contributed by atoms with E-state index in [2.05, 4.69) is 37.0 Å². The van der Waals surface area contributed by atoms with Crippen LogP contribution in [0.15, 0.2) is 39.4 Å². The Balaban J connectivity index is 2.59. The van der Waals surface area contributed by atoms with Gasteiger partial charge >= 0.3 is 0 Å². The average Bonchev–Trinajstić information content (AvgIpc) is 2.72. The molecule has 1 aromatic heterocycles. The Kier molecular flexibility index (Phi) is 4.18. The second-order valence-electron chi connectivity index (χ2n) is 4.96. The molecule has 1 N–H and O–H groups in total. The molecule has 0 spiro atoms. The zero-order chi connectivity index (χ0) is 14.2. The van der Waals surface area contributed by atoms with Gasteiger partial charge in [0.05, 0.1) is 16.4 Å². The van der Waals surface area contributed by atoms with Crippen LogP contribution in [0.3, 0.4) is 0 Å². The van der Waals surface area contributed by atoms with Crippen LogP contribution in [0.1, 0.15) is 38.1 Å². The topological polar surface area (TPSA) is 38.0 Å². The van der Waals surface area contributed by atoms with Gasteiger partial charge in [-0.3, -0.25) is 4.68 Å². The summed E-state index contributed by atoms with van der Waals surface area (Å²) in [6.07, 6.45) is 1.72. The fraction of sp³-hybridized carbons (Fsp3) is 0.357. The fourth-order valence-corrected chi connectivity index (χ4v) is 3.17. The zero-order valence-electron chi connectivity index (χ0n) is 11.1. The highest BCUT2D eigenvalue weighted by Crippen LogP contribution is 2.36. The highest BCUT2D eigenvalue weighted by Gasteiger charge is 2.32. The smallest absolute Gasteiger partial charge is 0.129 e. The van der Waals surface area contributed by atoms with E-state index in [4.69, 9.17) is 0 Å². The van der Waals surface area contributed by atoms with Crippen LogP contribution in [0.25, 0.3) is 0 Å². The van der Waals surface area contributed by atoms with E-state index >= 15 is 0 Å². The van der Waals surface area contributed by atoms with E-state index in [9.17, 15) is 5.11 Å². The Morgan fingerprint density at radius 1 is 1.32 bits per heavy atom. The molecule has 0 aliphatic carbocycles. The molecule has 1 heterocycles. The second kappa shape index (κ2) is 5.38. The SMILES string of the molecule is CC(C)n1ncc(Br)c1C(C)(O)c1cccc(Br)c1. The second-order valence-corrected chi connectivity index (χ2v) is 6.73. The molecule has 1 atom stereocenters. The highest BCUT2D eigenvalue weighted by atomic mass is 79.9. The number of benzene rings is 1. The number of aromatic nitrogens is 2. The predicted octanol–water partition coefficient (Wildman–Crippen LogP) is 4.24. The van der Waals surface area contributed by atoms with Crippen molar-refractivity contribution in [1.82, 2.24) is 9.78 Å². The molecule has 2 aromatic rings. The van der Waals surface area contributed by atoms with Gasteiger partial charge in [0, 0.05) is 10.5 Å². The van der Waals surface area contributed by atoms with Crippen molar-refractivity contribution in [2.45, 2.75) is 32.4 Å². The van der Waals surface area contributed by atoms with E-state index in [0.29, 0.717) is 0 Å². The molecule has 102 valence electrons. The number of hydrogen-bond donors (Lipinski definition) is 1. The minimum atomic E-state index is -1.11. The largest absolute Gasteiger partial charge is 0.379 e. The van der Waals surface area contributed by atoms with E-state index in [1.54, 1.807) is 13.1 Å². The quantitative estimate of drug-likeness (QED) is 0.854. The van der Waals surface area contributed by atoms with Crippen molar-refractivity contribution < 1.29 is 5.11 Å². The first kappa shape index (κ1) is 14.8. The third-order valence-electron chi connectivity index (χ3n) is 3.09. The molecule has 0 fully saturated rings. The Morgan fingerprint density at radius 3 is 2.58 bits per heavy atom. The molecule has 3 nitrogen and oxygen atoms in total. The monoisotopic (exact) mass is 386 g/mol. The molecule has 0 bridgehead atoms. The maximum absolute atomic E-state index is 11.0. The summed E-state index contributed by atoms with van der Waals surface area (Å²) in [5, 5.41) is 15.3. The third-order valence-corrected chi connectivity index (χ3v) is 4.16. The van der Waals surface area contributed by atoms with Crippen LogP contribution in [0.2, 0.25) is 0 Å². The van der Waals surface area contributed by atoms with Crippen LogP contribution >= 0.6 is 31.9 Å². The molecule has 1 unspecified atom stereocenters. The lowest BCUT2D eigenvalue weighted by atomic mass is 9.92. The van der Waals surface area contributed by atoms with Gasteiger partial charge < -0.3 is 5.11 Å². The van der Waals surface area contributed by atoms with E-state index in [1.807, 2.05) is 42.8 Å². The van der Waals surface area contributed by atoms with Crippen molar-refractivity contribution in [3.8, 4) is 0 Å². The van der Waals surface area contributed by atoms with Gasteiger partial charge in [-0.1, -0.05) is 28.1 Å². The van der Waals surface area contributed by atoms with Gasteiger partial charge in [0.25, 0.3) is 0 Å². The molecular weight excluding hydrogens is 372 g/mol. The standard InChI is InChI=1S/C14H16Br2N2O/c1-9(2)18-13(12(16)8-17-18)14(3,19)10-5-4-6-11(15)7-10/h4-9,19H,1-3H3. The van der Waals surface area contributed by atoms with E-state index in [0.717, 1.165) is 20.2 Å². The maximum Gasteiger partial charge on any atom is 0.129 e. The summed E-state index contributed by atoms with van der Waals surface area (Å²) in [4.78, 5) is 0. The Bertz CT molecular complexity index is 591. The Labute approximate surface area is 129 Å². The Hall–Kier alpha value is -0.650. The van der Waals surface area contributed by atoms with Crippen molar-refractivity contribution >= 4 is 31.9 Å². The third kappa shape index (κ3) is 2.78. The lowest BCUT2D eigenvalue weighted by Crippen LogP contribution is -2.28. The first-order valence-electron chi connectivity index (χ1n) is 6.06. The minimum absolute atomic E-state index is 0.180. The first-order valence-corrected chi connectivity index (χ1v) is 7.64. The zero-order valence-corrected chi connectivity index (χ0v) is 14.2. The van der Waals surface area contributed by atoms with Gasteiger partial charge in [-0.2, -0.15) is 5.10 Å². The number of hydrogen-bond acceptors (Lipinski definition) is 2. The lowest BCUT2D eigenvalue weighted by Gasteiger charge is -2.27. The molecule has 5 heteroatoms. The summed E-state index contributed by atoms with van der Waals surface area (Å²) in [5.41, 5.74) is 0.481. The normalized spacial score (nSPS) is 14.7. The Morgan fingerprint density at radius 2 is 2.00 bits per heavy atom. The molecule has 0 amide bonds. The number of aliphatic hydroxyl groups is 1. The maximum atomic E-state index is 11.0. The van der Waals surface area contributed by atoms with Gasteiger partial charge in [-0.15, -0.1) is 0 Å². The van der Waals surface area contributed by atoms with E-state index < -0.39 is 5.60 Å². The van der Waals surface area contributed by atoms with Gasteiger partial charge in [-0.05, 0) is 54.4 Å². The molecule has 0 aliphatic rings. The van der Waals surface area contributed by atoms with Crippen LogP contribution < -0.4 is 0 Å². The summed E-state index contributed by atoms with van der Waals surface area (Å²) < 4.78 is 3.59. The molecular formula is C14H16Br2N2O. The molecule has 0 radical (unpaired) electrons. The molecule has 2 rings (SSSR count). The summed E-state index contributed by atoms with van der Waals surface area (Å²) in [5.74, 6) is 0. The van der Waals surface area contributed by atoms with Crippen molar-refractivity contribution in [1.29, 1.82) is 0 Å². The molecule has 19 heavy (non-hydrogen) atoms. The van der Waals surface area contributed by atoms with Crippen molar-refractivity contribution in [3.63, 3.8) is 0 Å².